The number of hydrogen-bond acceptors (Lipinski definition) is 5. The summed E-state index contributed by atoms with van der Waals surface area (Å²) in [5.74, 6) is -1.70. The van der Waals surface area contributed by atoms with Gasteiger partial charge in [-0.05, 0) is 12.8 Å². The third-order valence-electron chi connectivity index (χ3n) is 3.08. The van der Waals surface area contributed by atoms with Crippen molar-refractivity contribution in [2.75, 3.05) is 39.4 Å². The molecule has 1 fully saturated rings. The molecule has 0 aromatic carbocycles. The number of hydrogen-bond donors (Lipinski definition) is 3. The van der Waals surface area contributed by atoms with E-state index < -0.39 is 22.1 Å². The van der Waals surface area contributed by atoms with Crippen molar-refractivity contribution in [3.05, 3.63) is 0 Å². The summed E-state index contributed by atoms with van der Waals surface area (Å²) in [5.41, 5.74) is 0. The Morgan fingerprint density at radius 2 is 1.84 bits per heavy atom. The van der Waals surface area contributed by atoms with Gasteiger partial charge in [-0.1, -0.05) is 0 Å². The smallest absolute Gasteiger partial charge is 0.307 e. The monoisotopic (exact) mass is 296 g/mol. The Morgan fingerprint density at radius 1 is 1.26 bits per heavy atom. The van der Waals surface area contributed by atoms with E-state index in [0.29, 0.717) is 12.8 Å². The lowest BCUT2D eigenvalue weighted by molar-refractivity contribution is -0.142. The number of aliphatic hydroxyl groups is 2. The molecule has 0 saturated carbocycles. The quantitative estimate of drug-likeness (QED) is 0.516. The summed E-state index contributed by atoms with van der Waals surface area (Å²) in [7, 11) is -3.83. The SMILES string of the molecule is O=C(O)C1CCCN(S(=O)(=O)N(CCO)CCO)C1. The summed E-state index contributed by atoms with van der Waals surface area (Å²) in [6.07, 6.45) is 0.948. The molecule has 1 unspecified atom stereocenters. The number of carboxylic acids is 1. The van der Waals surface area contributed by atoms with Crippen LogP contribution in [0.15, 0.2) is 0 Å². The molecule has 1 rings (SSSR count). The molecular formula is C10H20N2O6S. The van der Waals surface area contributed by atoms with E-state index in [9.17, 15) is 13.2 Å². The second-order valence-electron chi connectivity index (χ2n) is 4.39. The first-order valence-corrected chi connectivity index (χ1v) is 7.53. The number of aliphatic hydroxyl groups excluding tert-OH is 2. The Kier molecular flexibility index (Phi) is 6.14. The molecule has 19 heavy (non-hydrogen) atoms. The molecule has 1 aliphatic heterocycles. The summed E-state index contributed by atoms with van der Waals surface area (Å²) in [5, 5.41) is 26.7. The third kappa shape index (κ3) is 4.11. The predicted octanol–water partition coefficient (Wildman–Crippen LogP) is -1.69. The minimum Gasteiger partial charge on any atom is -0.481 e. The number of rotatable bonds is 7. The molecule has 0 spiro atoms. The highest BCUT2D eigenvalue weighted by atomic mass is 32.2. The second-order valence-corrected chi connectivity index (χ2v) is 6.32. The van der Waals surface area contributed by atoms with Gasteiger partial charge >= 0.3 is 5.97 Å². The molecule has 8 nitrogen and oxygen atoms in total. The third-order valence-corrected chi connectivity index (χ3v) is 5.09. The molecule has 9 heteroatoms. The summed E-state index contributed by atoms with van der Waals surface area (Å²) >= 11 is 0. The maximum atomic E-state index is 12.3. The summed E-state index contributed by atoms with van der Waals surface area (Å²) < 4.78 is 26.6. The van der Waals surface area contributed by atoms with Crippen LogP contribution in [-0.2, 0) is 15.0 Å². The molecule has 1 aliphatic rings. The van der Waals surface area contributed by atoms with Crippen molar-refractivity contribution < 1.29 is 28.5 Å². The normalized spacial score (nSPS) is 21.7. The topological polar surface area (TPSA) is 118 Å². The molecule has 1 saturated heterocycles. The molecule has 112 valence electrons. The number of nitrogens with zero attached hydrogens (tertiary/aromatic N) is 2. The molecule has 0 aromatic rings. The first kappa shape index (κ1) is 16.3. The largest absolute Gasteiger partial charge is 0.481 e. The lowest BCUT2D eigenvalue weighted by Crippen LogP contribution is -2.50. The van der Waals surface area contributed by atoms with E-state index in [0.717, 1.165) is 8.61 Å². The van der Waals surface area contributed by atoms with Crippen LogP contribution in [0.1, 0.15) is 12.8 Å². The summed E-state index contributed by atoms with van der Waals surface area (Å²) in [6.45, 7) is -0.733. The molecule has 0 amide bonds. The van der Waals surface area contributed by atoms with Gasteiger partial charge in [0, 0.05) is 26.2 Å². The highest BCUT2D eigenvalue weighted by Gasteiger charge is 2.35. The van der Waals surface area contributed by atoms with Crippen molar-refractivity contribution in [2.24, 2.45) is 5.92 Å². The Morgan fingerprint density at radius 3 is 2.32 bits per heavy atom. The van der Waals surface area contributed by atoms with Gasteiger partial charge in [-0.15, -0.1) is 0 Å². The van der Waals surface area contributed by atoms with Crippen LogP contribution in [0.4, 0.5) is 0 Å². The van der Waals surface area contributed by atoms with Crippen LogP contribution in [0, 0.1) is 5.92 Å². The van der Waals surface area contributed by atoms with E-state index >= 15 is 0 Å². The van der Waals surface area contributed by atoms with Gasteiger partial charge in [0.1, 0.15) is 0 Å². The van der Waals surface area contributed by atoms with E-state index in [-0.39, 0.29) is 39.4 Å². The van der Waals surface area contributed by atoms with Gasteiger partial charge < -0.3 is 15.3 Å². The van der Waals surface area contributed by atoms with Crippen LogP contribution in [0.25, 0.3) is 0 Å². The average molecular weight is 296 g/mol. The summed E-state index contributed by atoms with van der Waals surface area (Å²) in [4.78, 5) is 10.9. The molecule has 3 N–H and O–H groups in total. The molecule has 0 bridgehead atoms. The second kappa shape index (κ2) is 7.15. The van der Waals surface area contributed by atoms with Gasteiger partial charge in [-0.2, -0.15) is 17.0 Å². The lowest BCUT2D eigenvalue weighted by atomic mass is 10.0. The maximum Gasteiger partial charge on any atom is 0.307 e. The Labute approximate surface area is 112 Å². The zero-order valence-corrected chi connectivity index (χ0v) is 11.4. The number of aliphatic carboxylic acids is 1. The van der Waals surface area contributed by atoms with Crippen molar-refractivity contribution >= 4 is 16.2 Å². The van der Waals surface area contributed by atoms with Crippen LogP contribution in [0.2, 0.25) is 0 Å². The Bertz CT molecular complexity index is 393. The molecule has 1 heterocycles. The molecule has 0 aliphatic carbocycles. The van der Waals surface area contributed by atoms with Crippen LogP contribution in [0.5, 0.6) is 0 Å². The highest BCUT2D eigenvalue weighted by Crippen LogP contribution is 2.21. The van der Waals surface area contributed by atoms with E-state index in [1.807, 2.05) is 0 Å². The van der Waals surface area contributed by atoms with Crippen molar-refractivity contribution in [2.45, 2.75) is 12.8 Å². The van der Waals surface area contributed by atoms with E-state index in [2.05, 4.69) is 0 Å². The number of carbonyl (C=O) groups is 1. The fourth-order valence-electron chi connectivity index (χ4n) is 2.08. The zero-order chi connectivity index (χ0) is 14.5. The van der Waals surface area contributed by atoms with Gasteiger partial charge in [0.05, 0.1) is 19.1 Å². The average Bonchev–Trinajstić information content (AvgIpc) is 2.38. The van der Waals surface area contributed by atoms with Gasteiger partial charge in [0.25, 0.3) is 10.2 Å². The molecular weight excluding hydrogens is 276 g/mol. The lowest BCUT2D eigenvalue weighted by Gasteiger charge is -2.33. The minimum atomic E-state index is -3.83. The van der Waals surface area contributed by atoms with E-state index in [1.54, 1.807) is 0 Å². The zero-order valence-electron chi connectivity index (χ0n) is 10.6. The minimum absolute atomic E-state index is 0.0645. The van der Waals surface area contributed by atoms with Crippen molar-refractivity contribution in [3.63, 3.8) is 0 Å². The van der Waals surface area contributed by atoms with Crippen molar-refractivity contribution in [1.29, 1.82) is 0 Å². The molecule has 0 aromatic heterocycles. The maximum absolute atomic E-state index is 12.3. The predicted molar refractivity (Wildman–Crippen MR) is 66.6 cm³/mol. The van der Waals surface area contributed by atoms with Crippen LogP contribution in [0.3, 0.4) is 0 Å². The number of piperidine rings is 1. The van der Waals surface area contributed by atoms with Crippen LogP contribution < -0.4 is 0 Å². The number of carboxylic acid groups (broad SMARTS) is 1. The van der Waals surface area contributed by atoms with Crippen LogP contribution in [-0.4, -0.2) is 77.7 Å². The van der Waals surface area contributed by atoms with Crippen molar-refractivity contribution in [3.8, 4) is 0 Å². The first-order chi connectivity index (χ1) is 8.93. The van der Waals surface area contributed by atoms with Crippen molar-refractivity contribution in [1.82, 2.24) is 8.61 Å². The highest BCUT2D eigenvalue weighted by molar-refractivity contribution is 7.86. The fourth-order valence-corrected chi connectivity index (χ4v) is 3.76. The van der Waals surface area contributed by atoms with Gasteiger partial charge in [-0.25, -0.2) is 0 Å². The standard InChI is InChI=1S/C10H20N2O6S/c13-6-4-11(5-7-14)19(17,18)12-3-1-2-9(8-12)10(15)16/h9,13-14H,1-8H2,(H,15,16). The fraction of sp³-hybridized carbons (Fsp3) is 0.900. The van der Waals surface area contributed by atoms with Gasteiger partial charge in [0.2, 0.25) is 0 Å². The van der Waals surface area contributed by atoms with E-state index in [4.69, 9.17) is 15.3 Å². The van der Waals surface area contributed by atoms with E-state index in [1.165, 1.54) is 0 Å². The first-order valence-electron chi connectivity index (χ1n) is 6.13. The molecule has 1 atom stereocenters. The Hall–Kier alpha value is -0.740. The van der Waals surface area contributed by atoms with Gasteiger partial charge in [-0.3, -0.25) is 4.79 Å². The summed E-state index contributed by atoms with van der Waals surface area (Å²) in [6, 6.07) is 0. The van der Waals surface area contributed by atoms with Gasteiger partial charge in [0.15, 0.2) is 0 Å². The van der Waals surface area contributed by atoms with Crippen LogP contribution >= 0.6 is 0 Å². The molecule has 0 radical (unpaired) electrons. The Balaban J connectivity index is 2.82.